The summed E-state index contributed by atoms with van der Waals surface area (Å²) in [6.45, 7) is 4.13. The van der Waals surface area contributed by atoms with E-state index in [-0.39, 0.29) is 24.9 Å². The minimum Gasteiger partial charge on any atom is -0.454 e. The molecule has 2 N–H and O–H groups in total. The third kappa shape index (κ3) is 3.82. The summed E-state index contributed by atoms with van der Waals surface area (Å²) in [4.78, 5) is 12.2. The first-order valence-corrected chi connectivity index (χ1v) is 8.54. The molecule has 126 valence electrons. The van der Waals surface area contributed by atoms with Crippen LogP contribution in [0.2, 0.25) is 0 Å². The van der Waals surface area contributed by atoms with Crippen molar-refractivity contribution < 1.29 is 14.3 Å². The van der Waals surface area contributed by atoms with Gasteiger partial charge in [-0.2, -0.15) is 0 Å². The van der Waals surface area contributed by atoms with Gasteiger partial charge in [-0.05, 0) is 49.2 Å². The summed E-state index contributed by atoms with van der Waals surface area (Å²) in [7, 11) is 0. The molecule has 0 spiro atoms. The fraction of sp³-hybridized carbons (Fsp3) is 0.278. The molecule has 3 rings (SSSR count). The van der Waals surface area contributed by atoms with Crippen LogP contribution in [0, 0.1) is 0 Å². The minimum atomic E-state index is -0.212. The van der Waals surface area contributed by atoms with Crippen molar-refractivity contribution in [3.63, 3.8) is 0 Å². The monoisotopic (exact) mass is 390 g/mol. The number of carbonyl (C=O) groups excluding carboxylic acids is 1. The van der Waals surface area contributed by atoms with Crippen molar-refractivity contribution in [1.82, 2.24) is 10.6 Å². The number of fused-ring (bicyclic) bond motifs is 1. The van der Waals surface area contributed by atoms with Crippen LogP contribution < -0.4 is 20.1 Å². The molecule has 2 aromatic carbocycles. The summed E-state index contributed by atoms with van der Waals surface area (Å²) < 4.78 is 11.7. The number of ether oxygens (including phenoxy) is 2. The van der Waals surface area contributed by atoms with E-state index in [0.29, 0.717) is 5.75 Å². The van der Waals surface area contributed by atoms with Gasteiger partial charge < -0.3 is 20.1 Å². The summed E-state index contributed by atoms with van der Waals surface area (Å²) in [5.74, 6) is 1.45. The van der Waals surface area contributed by atoms with Gasteiger partial charge in [0.2, 0.25) is 6.79 Å². The number of carbonyl (C=O) groups is 1. The van der Waals surface area contributed by atoms with Gasteiger partial charge in [-0.25, -0.2) is 4.79 Å². The zero-order valence-corrected chi connectivity index (χ0v) is 15.1. The Kier molecular flexibility index (Phi) is 4.94. The molecule has 0 aromatic heterocycles. The van der Waals surface area contributed by atoms with Gasteiger partial charge in [-0.15, -0.1) is 0 Å². The second kappa shape index (κ2) is 7.13. The van der Waals surface area contributed by atoms with Crippen LogP contribution in [-0.2, 0) is 0 Å². The van der Waals surface area contributed by atoms with Crippen LogP contribution in [0.5, 0.6) is 11.5 Å². The molecule has 2 unspecified atom stereocenters. The van der Waals surface area contributed by atoms with Crippen LogP contribution in [0.4, 0.5) is 4.79 Å². The molecule has 2 atom stereocenters. The Morgan fingerprint density at radius 2 is 1.54 bits per heavy atom. The lowest BCUT2D eigenvalue weighted by Crippen LogP contribution is -2.38. The number of hydrogen-bond acceptors (Lipinski definition) is 3. The number of benzene rings is 2. The van der Waals surface area contributed by atoms with Gasteiger partial charge in [0.25, 0.3) is 0 Å². The third-order valence-corrected chi connectivity index (χ3v) is 4.49. The molecule has 0 bridgehead atoms. The molecule has 1 aliphatic rings. The van der Waals surface area contributed by atoms with Crippen molar-refractivity contribution in [2.75, 3.05) is 6.79 Å². The van der Waals surface area contributed by atoms with Gasteiger partial charge in [0, 0.05) is 4.47 Å². The van der Waals surface area contributed by atoms with E-state index in [2.05, 4.69) is 26.6 Å². The molecule has 0 fully saturated rings. The van der Waals surface area contributed by atoms with Gasteiger partial charge in [0.15, 0.2) is 11.5 Å². The maximum absolute atomic E-state index is 12.2. The highest BCUT2D eigenvalue weighted by molar-refractivity contribution is 9.10. The number of amides is 2. The van der Waals surface area contributed by atoms with Crippen molar-refractivity contribution >= 4 is 22.0 Å². The molecular weight excluding hydrogens is 372 g/mol. The zero-order valence-electron chi connectivity index (χ0n) is 13.5. The smallest absolute Gasteiger partial charge is 0.315 e. The predicted molar refractivity (Wildman–Crippen MR) is 95.2 cm³/mol. The number of nitrogens with one attached hydrogen (secondary N) is 2. The van der Waals surface area contributed by atoms with Crippen molar-refractivity contribution in [2.45, 2.75) is 25.9 Å². The Morgan fingerprint density at radius 1 is 0.958 bits per heavy atom. The molecule has 2 amide bonds. The highest BCUT2D eigenvalue weighted by Crippen LogP contribution is 2.34. The largest absolute Gasteiger partial charge is 0.454 e. The lowest BCUT2D eigenvalue weighted by atomic mass is 10.1. The van der Waals surface area contributed by atoms with Gasteiger partial charge in [-0.1, -0.05) is 34.1 Å². The van der Waals surface area contributed by atoms with E-state index in [1.807, 2.05) is 56.3 Å². The van der Waals surface area contributed by atoms with Crippen molar-refractivity contribution in [3.05, 3.63) is 58.1 Å². The highest BCUT2D eigenvalue weighted by atomic mass is 79.9. The molecule has 6 heteroatoms. The number of urea groups is 1. The van der Waals surface area contributed by atoms with Gasteiger partial charge in [-0.3, -0.25) is 0 Å². The Labute approximate surface area is 149 Å². The molecule has 1 heterocycles. The first-order chi connectivity index (χ1) is 11.5. The minimum absolute atomic E-state index is 0.0814. The third-order valence-electron chi connectivity index (χ3n) is 3.96. The normalized spacial score (nSPS) is 14.8. The maximum Gasteiger partial charge on any atom is 0.315 e. The molecule has 0 saturated carbocycles. The Bertz CT molecular complexity index is 734. The first-order valence-electron chi connectivity index (χ1n) is 7.75. The van der Waals surface area contributed by atoms with E-state index in [1.165, 1.54) is 0 Å². The van der Waals surface area contributed by atoms with Gasteiger partial charge in [0.05, 0.1) is 12.1 Å². The van der Waals surface area contributed by atoms with E-state index in [0.717, 1.165) is 21.3 Å². The maximum atomic E-state index is 12.2. The first kappa shape index (κ1) is 16.6. The molecule has 0 aliphatic carbocycles. The van der Waals surface area contributed by atoms with Crippen LogP contribution in [0.15, 0.2) is 46.9 Å². The fourth-order valence-corrected chi connectivity index (χ4v) is 2.80. The summed E-state index contributed by atoms with van der Waals surface area (Å²) in [6, 6.07) is 13.1. The highest BCUT2D eigenvalue weighted by Gasteiger charge is 2.17. The molecular formula is C18H19BrN2O3. The van der Waals surface area contributed by atoms with E-state index >= 15 is 0 Å². The molecule has 1 aliphatic heterocycles. The van der Waals surface area contributed by atoms with Crippen LogP contribution in [0.25, 0.3) is 0 Å². The number of rotatable bonds is 4. The lowest BCUT2D eigenvalue weighted by molar-refractivity contribution is 0.174. The molecule has 24 heavy (non-hydrogen) atoms. The van der Waals surface area contributed by atoms with Gasteiger partial charge >= 0.3 is 6.03 Å². The van der Waals surface area contributed by atoms with Crippen LogP contribution in [0.1, 0.15) is 37.1 Å². The molecule has 0 radical (unpaired) electrons. The molecule has 2 aromatic rings. The van der Waals surface area contributed by atoms with Crippen molar-refractivity contribution in [2.24, 2.45) is 0 Å². The predicted octanol–water partition coefficient (Wildman–Crippen LogP) is 4.30. The van der Waals surface area contributed by atoms with Crippen LogP contribution in [-0.4, -0.2) is 12.8 Å². The zero-order chi connectivity index (χ0) is 17.1. The number of halogens is 1. The molecule has 0 saturated heterocycles. The topological polar surface area (TPSA) is 59.6 Å². The van der Waals surface area contributed by atoms with E-state index < -0.39 is 0 Å². The molecule has 5 nitrogen and oxygen atoms in total. The van der Waals surface area contributed by atoms with Crippen LogP contribution in [0.3, 0.4) is 0 Å². The SMILES string of the molecule is CC(NC(=O)NC(C)c1ccc2c(c1)OCO2)c1ccc(Br)cc1. The Balaban J connectivity index is 1.58. The van der Waals surface area contributed by atoms with Crippen LogP contribution >= 0.6 is 15.9 Å². The standard InChI is InChI=1S/C18H19BrN2O3/c1-11(13-3-6-15(19)7-4-13)20-18(22)21-12(2)14-5-8-16-17(9-14)24-10-23-16/h3-9,11-12H,10H2,1-2H3,(H2,20,21,22). The fourth-order valence-electron chi connectivity index (χ4n) is 2.54. The number of hydrogen-bond donors (Lipinski definition) is 2. The van der Waals surface area contributed by atoms with E-state index in [1.54, 1.807) is 0 Å². The average Bonchev–Trinajstić information content (AvgIpc) is 3.02. The summed E-state index contributed by atoms with van der Waals surface area (Å²) >= 11 is 3.41. The summed E-state index contributed by atoms with van der Waals surface area (Å²) in [6.07, 6.45) is 0. The quantitative estimate of drug-likeness (QED) is 0.817. The summed E-state index contributed by atoms with van der Waals surface area (Å²) in [5, 5.41) is 5.89. The van der Waals surface area contributed by atoms with E-state index in [9.17, 15) is 4.79 Å². The lowest BCUT2D eigenvalue weighted by Gasteiger charge is -2.19. The van der Waals surface area contributed by atoms with Crippen molar-refractivity contribution in [3.8, 4) is 11.5 Å². The Morgan fingerprint density at radius 3 is 2.25 bits per heavy atom. The second-order valence-corrected chi connectivity index (χ2v) is 6.64. The average molecular weight is 391 g/mol. The van der Waals surface area contributed by atoms with Crippen molar-refractivity contribution in [1.29, 1.82) is 0 Å². The summed E-state index contributed by atoms with van der Waals surface area (Å²) in [5.41, 5.74) is 2.01. The second-order valence-electron chi connectivity index (χ2n) is 5.73. The van der Waals surface area contributed by atoms with E-state index in [4.69, 9.17) is 9.47 Å². The Hall–Kier alpha value is -2.21. The van der Waals surface area contributed by atoms with Gasteiger partial charge in [0.1, 0.15) is 0 Å².